The molecule has 0 aromatic heterocycles. The van der Waals surface area contributed by atoms with E-state index in [0.29, 0.717) is 12.5 Å². The molecule has 0 rings (SSSR count). The lowest BCUT2D eigenvalue weighted by Crippen LogP contribution is -2.52. The molecule has 0 saturated heterocycles. The zero-order valence-corrected chi connectivity index (χ0v) is 10.2. The first-order valence-corrected chi connectivity index (χ1v) is 5.29. The molecule has 4 nitrogen and oxygen atoms in total. The van der Waals surface area contributed by atoms with Crippen LogP contribution >= 0.6 is 0 Å². The van der Waals surface area contributed by atoms with Gasteiger partial charge in [0.15, 0.2) is 0 Å². The molecule has 0 heterocycles. The lowest BCUT2D eigenvalue weighted by atomic mass is 9.90. The van der Waals surface area contributed by atoms with Gasteiger partial charge in [-0.3, -0.25) is 0 Å². The maximum Gasteiger partial charge on any atom is 0.316 e. The number of nitriles is 1. The maximum atomic E-state index is 11.5. The van der Waals surface area contributed by atoms with Crippen LogP contribution in [-0.2, 0) is 0 Å². The molecule has 0 aliphatic carbocycles. The van der Waals surface area contributed by atoms with Crippen molar-refractivity contribution in [1.29, 1.82) is 5.26 Å². The molecular formula is C11H21N3O. The van der Waals surface area contributed by atoms with Crippen molar-refractivity contribution in [3.05, 3.63) is 0 Å². The van der Waals surface area contributed by atoms with E-state index in [1.165, 1.54) is 0 Å². The minimum atomic E-state index is -0.805. The molecule has 15 heavy (non-hydrogen) atoms. The van der Waals surface area contributed by atoms with Crippen LogP contribution in [0.1, 0.15) is 34.6 Å². The van der Waals surface area contributed by atoms with E-state index < -0.39 is 5.54 Å². The lowest BCUT2D eigenvalue weighted by Gasteiger charge is -2.27. The Hall–Kier alpha value is -1.24. The topological polar surface area (TPSA) is 64.9 Å². The molecule has 2 N–H and O–H groups in total. The SMILES string of the molecule is CC(C)CNC(=O)NC(C)(C#N)C(C)C. The molecule has 0 aromatic rings. The van der Waals surface area contributed by atoms with E-state index in [-0.39, 0.29) is 11.9 Å². The van der Waals surface area contributed by atoms with Gasteiger partial charge in [0.05, 0.1) is 6.07 Å². The molecule has 0 aliphatic heterocycles. The first-order valence-electron chi connectivity index (χ1n) is 5.29. The highest BCUT2D eigenvalue weighted by Crippen LogP contribution is 2.14. The summed E-state index contributed by atoms with van der Waals surface area (Å²) in [6.45, 7) is 10.2. The molecule has 0 spiro atoms. The minimum Gasteiger partial charge on any atom is -0.338 e. The fourth-order valence-electron chi connectivity index (χ4n) is 0.878. The molecule has 0 bridgehead atoms. The van der Waals surface area contributed by atoms with Crippen LogP contribution in [0.15, 0.2) is 0 Å². The fraction of sp³-hybridized carbons (Fsp3) is 0.818. The zero-order chi connectivity index (χ0) is 12.1. The zero-order valence-electron chi connectivity index (χ0n) is 10.2. The standard InChI is InChI=1S/C11H21N3O/c1-8(2)6-13-10(15)14-11(5,7-12)9(3)4/h8-9H,6H2,1-5H3,(H2,13,14,15). The van der Waals surface area contributed by atoms with E-state index in [1.807, 2.05) is 27.7 Å². The van der Waals surface area contributed by atoms with E-state index in [9.17, 15) is 4.79 Å². The third-order valence-electron chi connectivity index (χ3n) is 2.43. The second-order valence-corrected chi connectivity index (χ2v) is 4.70. The molecule has 1 atom stereocenters. The Kier molecular flexibility index (Phi) is 5.13. The average molecular weight is 211 g/mol. The van der Waals surface area contributed by atoms with Crippen LogP contribution in [-0.4, -0.2) is 18.1 Å². The summed E-state index contributed by atoms with van der Waals surface area (Å²) in [5.74, 6) is 0.482. The number of urea groups is 1. The summed E-state index contributed by atoms with van der Waals surface area (Å²) in [4.78, 5) is 11.5. The molecular weight excluding hydrogens is 190 g/mol. The lowest BCUT2D eigenvalue weighted by molar-refractivity contribution is 0.225. The van der Waals surface area contributed by atoms with E-state index in [2.05, 4.69) is 16.7 Å². The molecule has 0 fully saturated rings. The van der Waals surface area contributed by atoms with Crippen molar-refractivity contribution < 1.29 is 4.79 Å². The summed E-state index contributed by atoms with van der Waals surface area (Å²) >= 11 is 0. The van der Waals surface area contributed by atoms with Crippen LogP contribution in [0.2, 0.25) is 0 Å². The van der Waals surface area contributed by atoms with Crippen LogP contribution < -0.4 is 10.6 Å². The molecule has 0 aliphatic rings. The predicted molar refractivity (Wildman–Crippen MR) is 60.2 cm³/mol. The van der Waals surface area contributed by atoms with E-state index in [4.69, 9.17) is 5.26 Å². The van der Waals surface area contributed by atoms with E-state index in [1.54, 1.807) is 6.92 Å². The number of amides is 2. The van der Waals surface area contributed by atoms with Gasteiger partial charge >= 0.3 is 6.03 Å². The number of hydrogen-bond donors (Lipinski definition) is 2. The summed E-state index contributed by atoms with van der Waals surface area (Å²) in [7, 11) is 0. The van der Waals surface area contributed by atoms with Gasteiger partial charge in [0.1, 0.15) is 5.54 Å². The van der Waals surface area contributed by atoms with Crippen LogP contribution in [0.5, 0.6) is 0 Å². The second kappa shape index (κ2) is 5.59. The Labute approximate surface area is 92.0 Å². The molecule has 86 valence electrons. The van der Waals surface area contributed by atoms with Crippen LogP contribution in [0.3, 0.4) is 0 Å². The van der Waals surface area contributed by atoms with Gasteiger partial charge in [0.2, 0.25) is 0 Å². The van der Waals surface area contributed by atoms with Crippen molar-refractivity contribution in [3.63, 3.8) is 0 Å². The Bertz CT molecular complexity index is 255. The smallest absolute Gasteiger partial charge is 0.316 e. The number of rotatable bonds is 4. The molecule has 4 heteroatoms. The van der Waals surface area contributed by atoms with Crippen molar-refractivity contribution >= 4 is 6.03 Å². The Morgan fingerprint density at radius 2 is 1.93 bits per heavy atom. The monoisotopic (exact) mass is 211 g/mol. The fourth-order valence-corrected chi connectivity index (χ4v) is 0.878. The van der Waals surface area contributed by atoms with Gasteiger partial charge in [-0.15, -0.1) is 0 Å². The minimum absolute atomic E-state index is 0.0762. The number of hydrogen-bond acceptors (Lipinski definition) is 2. The average Bonchev–Trinajstić information content (AvgIpc) is 2.14. The normalized spacial score (nSPS) is 14.5. The van der Waals surface area contributed by atoms with Gasteiger partial charge in [-0.1, -0.05) is 27.7 Å². The highest BCUT2D eigenvalue weighted by atomic mass is 16.2. The van der Waals surface area contributed by atoms with Gasteiger partial charge in [-0.25, -0.2) is 4.79 Å². The molecule has 0 aromatic carbocycles. The number of carbonyl (C=O) groups excluding carboxylic acids is 1. The number of nitrogens with zero attached hydrogens (tertiary/aromatic N) is 1. The van der Waals surface area contributed by atoms with Gasteiger partial charge in [0, 0.05) is 6.54 Å². The predicted octanol–water partition coefficient (Wildman–Crippen LogP) is 1.88. The number of carbonyl (C=O) groups is 1. The highest BCUT2D eigenvalue weighted by Gasteiger charge is 2.29. The van der Waals surface area contributed by atoms with Gasteiger partial charge < -0.3 is 10.6 Å². The van der Waals surface area contributed by atoms with Gasteiger partial charge in [-0.2, -0.15) is 5.26 Å². The molecule has 0 saturated carbocycles. The third-order valence-corrected chi connectivity index (χ3v) is 2.43. The first-order chi connectivity index (χ1) is 6.81. The van der Waals surface area contributed by atoms with Crippen LogP contribution in [0.25, 0.3) is 0 Å². The van der Waals surface area contributed by atoms with Gasteiger partial charge in [0.25, 0.3) is 0 Å². The van der Waals surface area contributed by atoms with E-state index in [0.717, 1.165) is 0 Å². The summed E-state index contributed by atoms with van der Waals surface area (Å²) in [6, 6.07) is 1.85. The summed E-state index contributed by atoms with van der Waals surface area (Å²) in [5, 5.41) is 14.4. The van der Waals surface area contributed by atoms with Crippen molar-refractivity contribution in [2.24, 2.45) is 11.8 Å². The highest BCUT2D eigenvalue weighted by molar-refractivity contribution is 5.75. The number of nitrogens with one attached hydrogen (secondary N) is 2. The van der Waals surface area contributed by atoms with Crippen molar-refractivity contribution in [2.75, 3.05) is 6.54 Å². The van der Waals surface area contributed by atoms with Gasteiger partial charge in [-0.05, 0) is 18.8 Å². The van der Waals surface area contributed by atoms with Crippen molar-refractivity contribution in [1.82, 2.24) is 10.6 Å². The Morgan fingerprint density at radius 1 is 1.40 bits per heavy atom. The quantitative estimate of drug-likeness (QED) is 0.745. The summed E-state index contributed by atoms with van der Waals surface area (Å²) in [6.07, 6.45) is 0. The first kappa shape index (κ1) is 13.8. The largest absolute Gasteiger partial charge is 0.338 e. The molecule has 1 unspecified atom stereocenters. The van der Waals surface area contributed by atoms with E-state index >= 15 is 0 Å². The Morgan fingerprint density at radius 3 is 2.27 bits per heavy atom. The van der Waals surface area contributed by atoms with Crippen molar-refractivity contribution in [2.45, 2.75) is 40.2 Å². The van der Waals surface area contributed by atoms with Crippen LogP contribution in [0.4, 0.5) is 4.79 Å². The second-order valence-electron chi connectivity index (χ2n) is 4.70. The Balaban J connectivity index is 4.21. The molecule has 0 radical (unpaired) electrons. The third kappa shape index (κ3) is 4.68. The maximum absolute atomic E-state index is 11.5. The summed E-state index contributed by atoms with van der Waals surface area (Å²) in [5.41, 5.74) is -0.805. The van der Waals surface area contributed by atoms with Crippen LogP contribution in [0, 0.1) is 23.2 Å². The molecule has 2 amide bonds. The summed E-state index contributed by atoms with van der Waals surface area (Å²) < 4.78 is 0. The van der Waals surface area contributed by atoms with Crippen molar-refractivity contribution in [3.8, 4) is 6.07 Å².